The van der Waals surface area contributed by atoms with Crippen LogP contribution in [0.3, 0.4) is 0 Å². The van der Waals surface area contributed by atoms with Crippen molar-refractivity contribution in [2.24, 2.45) is 11.8 Å². The number of ketones is 1. The topological polar surface area (TPSA) is 131 Å². The van der Waals surface area contributed by atoms with Gasteiger partial charge in [0.25, 0.3) is 5.78 Å². The van der Waals surface area contributed by atoms with Gasteiger partial charge in [0.1, 0.15) is 23.7 Å². The van der Waals surface area contributed by atoms with E-state index in [1.165, 1.54) is 4.90 Å². The first-order valence-corrected chi connectivity index (χ1v) is 11.5. The van der Waals surface area contributed by atoms with Crippen molar-refractivity contribution in [3.63, 3.8) is 0 Å². The van der Waals surface area contributed by atoms with Crippen LogP contribution in [0.25, 0.3) is 0 Å². The molecule has 1 unspecified atom stereocenters. The molecule has 1 fully saturated rings. The molecule has 33 heavy (non-hydrogen) atoms. The van der Waals surface area contributed by atoms with Gasteiger partial charge in [-0.2, -0.15) is 0 Å². The smallest absolute Gasteiger partial charge is 0.408 e. The second-order valence-electron chi connectivity index (χ2n) is 9.87. The van der Waals surface area contributed by atoms with Crippen LogP contribution < -0.4 is 10.6 Å². The number of hydrogen-bond acceptors (Lipinski definition) is 7. The fourth-order valence-electron chi connectivity index (χ4n) is 3.54. The molecular formula is C23H39N3O7. The first-order valence-electron chi connectivity index (χ1n) is 11.5. The van der Waals surface area contributed by atoms with Gasteiger partial charge in [0, 0.05) is 6.54 Å². The molecular weight excluding hydrogens is 430 g/mol. The molecule has 0 aromatic carbocycles. The number of esters is 1. The van der Waals surface area contributed by atoms with E-state index in [-0.39, 0.29) is 18.4 Å². The quantitative estimate of drug-likeness (QED) is 0.389. The Kier molecular flexibility index (Phi) is 10.3. The summed E-state index contributed by atoms with van der Waals surface area (Å²) >= 11 is 0. The van der Waals surface area contributed by atoms with Gasteiger partial charge in [0.15, 0.2) is 0 Å². The zero-order valence-electron chi connectivity index (χ0n) is 21.0. The van der Waals surface area contributed by atoms with Gasteiger partial charge in [-0.1, -0.05) is 27.7 Å². The van der Waals surface area contributed by atoms with Crippen molar-refractivity contribution in [1.29, 1.82) is 0 Å². The van der Waals surface area contributed by atoms with E-state index in [4.69, 9.17) is 9.47 Å². The number of carbonyl (C=O) groups excluding carboxylic acids is 5. The number of hydrogen-bond donors (Lipinski definition) is 2. The summed E-state index contributed by atoms with van der Waals surface area (Å²) in [7, 11) is 0. The molecule has 3 atom stereocenters. The minimum atomic E-state index is -1.06. The second-order valence-corrected chi connectivity index (χ2v) is 9.87. The van der Waals surface area contributed by atoms with E-state index >= 15 is 0 Å². The Morgan fingerprint density at radius 3 is 2.03 bits per heavy atom. The van der Waals surface area contributed by atoms with E-state index in [2.05, 4.69) is 10.6 Å². The molecule has 10 nitrogen and oxygen atoms in total. The molecule has 0 spiro atoms. The maximum absolute atomic E-state index is 13.3. The molecule has 0 aromatic heterocycles. The highest BCUT2D eigenvalue weighted by atomic mass is 16.6. The van der Waals surface area contributed by atoms with Crippen molar-refractivity contribution in [2.45, 2.75) is 92.0 Å². The monoisotopic (exact) mass is 469 g/mol. The van der Waals surface area contributed by atoms with Gasteiger partial charge in [-0.25, -0.2) is 9.59 Å². The standard InChI is InChI=1S/C23H39N3O7/c1-9-32-21(30)18(27)16(13(2)3)24-19(28)15-11-10-12-26(15)20(29)17(14(4)5)25-22(31)33-23(6,7)8/h13-17H,9-12H2,1-8H3,(H,24,28)(H,25,31)/t15-,16?,17-/m0/s1. The van der Waals surface area contributed by atoms with Crippen molar-refractivity contribution < 1.29 is 33.4 Å². The minimum Gasteiger partial charge on any atom is -0.460 e. The summed E-state index contributed by atoms with van der Waals surface area (Å²) in [6, 6.07) is -2.75. The van der Waals surface area contributed by atoms with Crippen LogP contribution in [0, 0.1) is 11.8 Å². The Hall–Kier alpha value is -2.65. The van der Waals surface area contributed by atoms with E-state index in [0.717, 1.165) is 0 Å². The van der Waals surface area contributed by atoms with Crippen molar-refractivity contribution in [3.8, 4) is 0 Å². The average Bonchev–Trinajstić information content (AvgIpc) is 3.17. The first kappa shape index (κ1) is 28.4. The molecule has 0 aliphatic carbocycles. The van der Waals surface area contributed by atoms with Crippen LogP contribution in [-0.4, -0.2) is 71.4 Å². The Morgan fingerprint density at radius 2 is 1.55 bits per heavy atom. The molecule has 1 aliphatic heterocycles. The summed E-state index contributed by atoms with van der Waals surface area (Å²) in [5.74, 6) is -3.35. The second kappa shape index (κ2) is 12.0. The van der Waals surface area contributed by atoms with Crippen LogP contribution in [0.4, 0.5) is 4.79 Å². The SMILES string of the molecule is CCOC(=O)C(=O)C(NC(=O)[C@@H]1CCCN1C(=O)[C@@H](NC(=O)OC(C)(C)C)C(C)C)C(C)C. The predicted octanol–water partition coefficient (Wildman–Crippen LogP) is 1.80. The predicted molar refractivity (Wildman–Crippen MR) is 121 cm³/mol. The van der Waals surface area contributed by atoms with Gasteiger partial charge in [0.05, 0.1) is 6.61 Å². The van der Waals surface area contributed by atoms with Gasteiger partial charge in [-0.3, -0.25) is 14.4 Å². The molecule has 10 heteroatoms. The summed E-state index contributed by atoms with van der Waals surface area (Å²) in [4.78, 5) is 64.3. The highest BCUT2D eigenvalue weighted by Crippen LogP contribution is 2.21. The normalized spacial score (nSPS) is 18.0. The zero-order valence-corrected chi connectivity index (χ0v) is 21.0. The van der Waals surface area contributed by atoms with Gasteiger partial charge in [0.2, 0.25) is 11.8 Å². The first-order chi connectivity index (χ1) is 15.2. The number of Topliss-reactive ketones (excluding diaryl/α,β-unsaturated/α-hetero) is 1. The van der Waals surface area contributed by atoms with E-state index < -0.39 is 53.4 Å². The Labute approximate surface area is 196 Å². The molecule has 0 radical (unpaired) electrons. The fraction of sp³-hybridized carbons (Fsp3) is 0.783. The zero-order chi connectivity index (χ0) is 25.5. The summed E-state index contributed by atoms with van der Waals surface area (Å²) in [5.41, 5.74) is -0.720. The number of alkyl carbamates (subject to hydrolysis) is 1. The number of likely N-dealkylation sites (tertiary alicyclic amines) is 1. The highest BCUT2D eigenvalue weighted by Gasteiger charge is 2.41. The lowest BCUT2D eigenvalue weighted by Crippen LogP contribution is -2.57. The van der Waals surface area contributed by atoms with Crippen LogP contribution in [0.5, 0.6) is 0 Å². The number of carbonyl (C=O) groups is 5. The molecule has 1 rings (SSSR count). The summed E-state index contributed by atoms with van der Waals surface area (Å²) < 4.78 is 10.0. The number of rotatable bonds is 9. The van der Waals surface area contributed by atoms with E-state index in [1.54, 1.807) is 55.4 Å². The summed E-state index contributed by atoms with van der Waals surface area (Å²) in [6.07, 6.45) is 0.293. The highest BCUT2D eigenvalue weighted by molar-refractivity contribution is 6.36. The van der Waals surface area contributed by atoms with Crippen LogP contribution in [0.2, 0.25) is 0 Å². The van der Waals surface area contributed by atoms with E-state index in [1.807, 2.05) is 0 Å². The molecule has 0 bridgehead atoms. The molecule has 2 N–H and O–H groups in total. The number of ether oxygens (including phenoxy) is 2. The van der Waals surface area contributed by atoms with Crippen LogP contribution in [0.15, 0.2) is 0 Å². The van der Waals surface area contributed by atoms with Gasteiger partial charge in [-0.05, 0) is 52.4 Å². The fourth-order valence-corrected chi connectivity index (χ4v) is 3.54. The Morgan fingerprint density at radius 1 is 0.970 bits per heavy atom. The Bertz CT molecular complexity index is 743. The van der Waals surface area contributed by atoms with Crippen molar-refractivity contribution in [3.05, 3.63) is 0 Å². The molecule has 3 amide bonds. The third-order valence-corrected chi connectivity index (χ3v) is 5.17. The maximum Gasteiger partial charge on any atom is 0.408 e. The molecule has 1 heterocycles. The lowest BCUT2D eigenvalue weighted by molar-refractivity contribution is -0.155. The van der Waals surface area contributed by atoms with E-state index in [0.29, 0.717) is 19.4 Å². The maximum atomic E-state index is 13.3. The van der Waals surface area contributed by atoms with E-state index in [9.17, 15) is 24.0 Å². The molecule has 0 saturated carbocycles. The summed E-state index contributed by atoms with van der Waals surface area (Å²) in [5, 5.41) is 5.24. The molecule has 1 saturated heterocycles. The molecule has 0 aromatic rings. The number of amides is 3. The summed E-state index contributed by atoms with van der Waals surface area (Å²) in [6.45, 7) is 14.2. The van der Waals surface area contributed by atoms with Crippen molar-refractivity contribution >= 4 is 29.7 Å². The van der Waals surface area contributed by atoms with Crippen LogP contribution in [0.1, 0.15) is 68.2 Å². The van der Waals surface area contributed by atoms with Gasteiger partial charge in [-0.15, -0.1) is 0 Å². The van der Waals surface area contributed by atoms with Crippen molar-refractivity contribution in [1.82, 2.24) is 15.5 Å². The Balaban J connectivity index is 2.98. The minimum absolute atomic E-state index is 0.0511. The largest absolute Gasteiger partial charge is 0.460 e. The molecule has 1 aliphatic rings. The van der Waals surface area contributed by atoms with Crippen molar-refractivity contribution in [2.75, 3.05) is 13.2 Å². The van der Waals surface area contributed by atoms with Gasteiger partial charge >= 0.3 is 12.1 Å². The van der Waals surface area contributed by atoms with Crippen LogP contribution >= 0.6 is 0 Å². The van der Waals surface area contributed by atoms with Gasteiger partial charge < -0.3 is 25.0 Å². The number of nitrogens with zero attached hydrogens (tertiary/aromatic N) is 1. The third kappa shape index (κ3) is 8.33. The average molecular weight is 470 g/mol. The third-order valence-electron chi connectivity index (χ3n) is 5.17. The lowest BCUT2D eigenvalue weighted by atomic mass is 9.98. The number of nitrogens with one attached hydrogen (secondary N) is 2. The lowest BCUT2D eigenvalue weighted by Gasteiger charge is -2.32. The molecule has 188 valence electrons. The van der Waals surface area contributed by atoms with Crippen LogP contribution in [-0.2, 0) is 28.7 Å².